The molecule has 0 saturated carbocycles. The Morgan fingerprint density at radius 3 is 0.868 bits per heavy atom. The van der Waals surface area contributed by atoms with Crippen LogP contribution in [0.3, 0.4) is 0 Å². The zero-order valence-corrected chi connectivity index (χ0v) is 75.9. The number of benzene rings is 10. The average Bonchev–Trinajstić information content (AvgIpc) is 1.03. The van der Waals surface area contributed by atoms with Crippen LogP contribution in [0, 0.1) is 0 Å². The number of pyridine rings is 1. The standard InChI is InChI=1S/C80H95N3O2.C31H39NO4/c1-73(2,3)56-20-32-62(33-21-56)79(63-34-22-57(23-35-63)74(4,5)6,64-36-24-58(25-37-64)75(7,8)9)68-44-48-71(49-45-68)84-53-19-52-83-54-70(81-82-83)55-85-72-50-46-69(47-51-72)80(65-38-26-59(27-39-65)76(10,11)12,66-40-28-60(29-41-66)77(13,14)15)67-42-30-61(31-43-67)78(16,17)18;1-2-4-6-8-21-36-31-18-14-27(15-19-31)23-34-25-29-11-9-10-28(32-29)24-33-22-26-12-16-30(17-13-26)35-20-7-5-3-1/h20-51,54H,19,52-53,55H2,1-18H3;9-19H,1-8,20-25H2. The normalized spacial score (nSPS) is 14.3. The van der Waals surface area contributed by atoms with E-state index in [2.05, 4.69) is 358 Å². The summed E-state index contributed by atoms with van der Waals surface area (Å²) in [6, 6.07) is 95.8. The van der Waals surface area contributed by atoms with Gasteiger partial charge in [-0.25, -0.2) is 0 Å². The summed E-state index contributed by atoms with van der Waals surface area (Å²) in [5, 5.41) is 9.02. The lowest BCUT2D eigenvalue weighted by molar-refractivity contribution is 0.0980. The fraction of sp³-hybridized carbons (Fsp3) is 0.396. The number of hydrogen-bond acceptors (Lipinski definition) is 9. The molecule has 16 rings (SSSR count). The van der Waals surface area contributed by atoms with Gasteiger partial charge in [0.25, 0.3) is 0 Å². The van der Waals surface area contributed by atoms with Crippen LogP contribution in [-0.2, 0) is 92.4 Å². The predicted molar refractivity (Wildman–Crippen MR) is 498 cm³/mol. The van der Waals surface area contributed by atoms with Crippen LogP contribution in [0.15, 0.2) is 267 Å². The van der Waals surface area contributed by atoms with Crippen LogP contribution in [0.5, 0.6) is 23.0 Å². The molecule has 634 valence electrons. The van der Waals surface area contributed by atoms with Crippen molar-refractivity contribution in [1.82, 2.24) is 20.0 Å². The van der Waals surface area contributed by atoms with Crippen molar-refractivity contribution >= 4 is 0 Å². The first-order valence-electron chi connectivity index (χ1n) is 44.3. The molecule has 12 aromatic rings. The van der Waals surface area contributed by atoms with Gasteiger partial charge in [-0.2, -0.15) is 0 Å². The van der Waals surface area contributed by atoms with Gasteiger partial charge in [-0.05, 0) is 195 Å². The van der Waals surface area contributed by atoms with Crippen LogP contribution in [0.1, 0.15) is 289 Å². The Hall–Kier alpha value is -10.4. The number of ether oxygens (including phenoxy) is 6. The van der Waals surface area contributed by atoms with Crippen molar-refractivity contribution in [2.75, 3.05) is 19.8 Å². The Labute approximate surface area is 725 Å². The molecular formula is C111H134N4O6. The van der Waals surface area contributed by atoms with Crippen LogP contribution < -0.4 is 18.9 Å². The summed E-state index contributed by atoms with van der Waals surface area (Å²) in [4.78, 5) is 4.68. The molecule has 6 bridgehead atoms. The van der Waals surface area contributed by atoms with Crippen molar-refractivity contribution < 1.29 is 28.4 Å². The van der Waals surface area contributed by atoms with Crippen molar-refractivity contribution in [3.63, 3.8) is 0 Å². The highest BCUT2D eigenvalue weighted by Gasteiger charge is 2.41. The van der Waals surface area contributed by atoms with E-state index < -0.39 is 10.8 Å². The van der Waals surface area contributed by atoms with E-state index in [1.54, 1.807) is 0 Å². The SMILES string of the molecule is CC(C)(C)c1ccc(C(c2ccc(OCCCn3cc(COc4ccc(C(c5ccc(C(C)(C)C)cc5)(c5ccc(C(C)(C)C)cc5)c5ccc(C(C)(C)C)cc5)cc4)nn3)cc2)(c2ccc(C(C)(C)C)cc2)c2ccc(C(C)(C)C)cc2)cc1.c1cc2nc(c1)COCc1ccc(cc1)OCCCCCCCCCCOc1ccc(cc1)COC2. The maximum Gasteiger partial charge on any atom is 0.134 e. The van der Waals surface area contributed by atoms with E-state index >= 15 is 0 Å². The van der Waals surface area contributed by atoms with Gasteiger partial charge in [0.2, 0.25) is 0 Å². The van der Waals surface area contributed by atoms with Crippen molar-refractivity contribution in [1.29, 1.82) is 0 Å². The molecule has 0 fully saturated rings. The molecule has 0 aliphatic carbocycles. The second-order valence-electron chi connectivity index (χ2n) is 39.4. The monoisotopic (exact) mass is 1620 g/mol. The van der Waals surface area contributed by atoms with Gasteiger partial charge in [-0.1, -0.05) is 369 Å². The third-order valence-electron chi connectivity index (χ3n) is 23.8. The van der Waals surface area contributed by atoms with E-state index in [-0.39, 0.29) is 32.5 Å². The number of hydrogen-bond donors (Lipinski definition) is 0. The number of rotatable bonds is 16. The smallest absolute Gasteiger partial charge is 0.134 e. The Balaban J connectivity index is 0.000000309. The van der Waals surface area contributed by atoms with Gasteiger partial charge in [0.1, 0.15) is 35.3 Å². The van der Waals surface area contributed by atoms with E-state index in [9.17, 15) is 0 Å². The number of nitrogens with zero attached hydrogens (tertiary/aromatic N) is 4. The third-order valence-corrected chi connectivity index (χ3v) is 23.8. The lowest BCUT2D eigenvalue weighted by Gasteiger charge is -2.38. The topological polar surface area (TPSA) is 99.0 Å². The van der Waals surface area contributed by atoms with Crippen LogP contribution >= 0.6 is 0 Å². The molecule has 0 spiro atoms. The number of aromatic nitrogens is 4. The predicted octanol–water partition coefficient (Wildman–Crippen LogP) is 27.3. The van der Waals surface area contributed by atoms with Gasteiger partial charge in [0, 0.05) is 13.0 Å². The summed E-state index contributed by atoms with van der Waals surface area (Å²) < 4.78 is 38.4. The molecule has 4 aliphatic rings. The van der Waals surface area contributed by atoms with Crippen molar-refractivity contribution in [2.24, 2.45) is 0 Å². The maximum absolute atomic E-state index is 6.47. The highest BCUT2D eigenvalue weighted by molar-refractivity contribution is 5.64. The van der Waals surface area contributed by atoms with E-state index in [0.29, 0.717) is 46.2 Å². The van der Waals surface area contributed by atoms with Gasteiger partial charge in [0.15, 0.2) is 0 Å². The van der Waals surface area contributed by atoms with E-state index in [4.69, 9.17) is 28.4 Å². The summed E-state index contributed by atoms with van der Waals surface area (Å²) in [5.41, 5.74) is 21.3. The molecule has 0 radical (unpaired) electrons. The zero-order valence-electron chi connectivity index (χ0n) is 75.9. The molecule has 0 atom stereocenters. The Bertz CT molecular complexity index is 4810. The second kappa shape index (κ2) is 39.6. The molecule has 0 amide bonds. The van der Waals surface area contributed by atoms with Gasteiger partial charge in [-0.3, -0.25) is 9.67 Å². The molecule has 10 aromatic carbocycles. The first-order valence-corrected chi connectivity index (χ1v) is 44.3. The lowest BCUT2D eigenvalue weighted by atomic mass is 9.64. The van der Waals surface area contributed by atoms with Gasteiger partial charge >= 0.3 is 0 Å². The van der Waals surface area contributed by atoms with Crippen molar-refractivity contribution in [3.05, 3.63) is 373 Å². The molecule has 4 aliphatic heterocycles. The summed E-state index contributed by atoms with van der Waals surface area (Å²) in [7, 11) is 0. The van der Waals surface area contributed by atoms with Gasteiger partial charge in [0.05, 0.1) is 74.7 Å². The molecule has 6 heterocycles. The minimum Gasteiger partial charge on any atom is -0.494 e. The zero-order chi connectivity index (χ0) is 86.1. The maximum atomic E-state index is 6.47. The third kappa shape index (κ3) is 23.7. The van der Waals surface area contributed by atoms with E-state index in [1.165, 1.54) is 116 Å². The van der Waals surface area contributed by atoms with Crippen LogP contribution in [0.25, 0.3) is 0 Å². The molecule has 10 nitrogen and oxygen atoms in total. The Morgan fingerprint density at radius 1 is 0.298 bits per heavy atom. The fourth-order valence-corrected chi connectivity index (χ4v) is 16.3. The number of aryl methyl sites for hydroxylation is 1. The first kappa shape index (κ1) is 89.9. The average molecular weight is 1620 g/mol. The van der Waals surface area contributed by atoms with Crippen molar-refractivity contribution in [3.8, 4) is 23.0 Å². The lowest BCUT2D eigenvalue weighted by Crippen LogP contribution is -2.31. The van der Waals surface area contributed by atoms with E-state index in [0.717, 1.165) is 83.7 Å². The highest BCUT2D eigenvalue weighted by atomic mass is 16.5. The van der Waals surface area contributed by atoms with Crippen molar-refractivity contribution in [2.45, 2.75) is 265 Å². The molecule has 0 unspecified atom stereocenters. The summed E-state index contributed by atoms with van der Waals surface area (Å²) >= 11 is 0. The largest absolute Gasteiger partial charge is 0.494 e. The van der Waals surface area contributed by atoms with Crippen LogP contribution in [-0.4, -0.2) is 39.8 Å². The van der Waals surface area contributed by atoms with Gasteiger partial charge in [-0.15, -0.1) is 5.10 Å². The van der Waals surface area contributed by atoms with Gasteiger partial charge < -0.3 is 28.4 Å². The van der Waals surface area contributed by atoms with Crippen LogP contribution in [0.2, 0.25) is 0 Å². The summed E-state index contributed by atoms with van der Waals surface area (Å²) in [6.45, 7) is 46.1. The second-order valence-corrected chi connectivity index (χ2v) is 39.4. The highest BCUT2D eigenvalue weighted by Crippen LogP contribution is 2.50. The summed E-state index contributed by atoms with van der Waals surface area (Å²) in [6.07, 6.45) is 12.6. The quantitative estimate of drug-likeness (QED) is 0.0692. The minimum absolute atomic E-state index is 0.0234. The van der Waals surface area contributed by atoms with Crippen LogP contribution in [0.4, 0.5) is 0 Å². The first-order chi connectivity index (χ1) is 57.7. The molecule has 10 heteroatoms. The molecule has 2 aromatic heterocycles. The molecule has 0 saturated heterocycles. The molecule has 0 N–H and O–H groups in total. The van der Waals surface area contributed by atoms with E-state index in [1.807, 2.05) is 53.3 Å². The Morgan fingerprint density at radius 2 is 0.570 bits per heavy atom. The molecular weight excluding hydrogens is 1490 g/mol. The fourth-order valence-electron chi connectivity index (χ4n) is 16.3. The molecule has 121 heavy (non-hydrogen) atoms. The minimum atomic E-state index is -0.609. The summed E-state index contributed by atoms with van der Waals surface area (Å²) in [5.74, 6) is 3.45. The Kier molecular flexibility index (Phi) is 29.4.